The lowest BCUT2D eigenvalue weighted by Gasteiger charge is -2.12. The maximum atomic E-state index is 12.6. The molecular weight excluding hydrogens is 422 g/mol. The summed E-state index contributed by atoms with van der Waals surface area (Å²) < 4.78 is 1.88. The molecule has 1 aromatic heterocycles. The summed E-state index contributed by atoms with van der Waals surface area (Å²) in [7, 11) is 0. The van der Waals surface area contributed by atoms with Crippen molar-refractivity contribution in [3.05, 3.63) is 65.0 Å². The van der Waals surface area contributed by atoms with Gasteiger partial charge in [-0.2, -0.15) is 0 Å². The lowest BCUT2D eigenvalue weighted by molar-refractivity contribution is -0.116. The van der Waals surface area contributed by atoms with Crippen LogP contribution in [0.4, 0.5) is 11.4 Å². The number of nitrogens with zero attached hydrogens (tertiary/aromatic N) is 3. The van der Waals surface area contributed by atoms with Crippen molar-refractivity contribution >= 4 is 35.0 Å². The number of hydrogen-bond acceptors (Lipinski definition) is 5. The van der Waals surface area contributed by atoms with Crippen LogP contribution in [0.3, 0.4) is 0 Å². The first-order chi connectivity index (χ1) is 15.4. The second-order valence-corrected chi connectivity index (χ2v) is 8.42. The van der Waals surface area contributed by atoms with E-state index in [0.717, 1.165) is 34.5 Å². The molecule has 0 atom stereocenters. The van der Waals surface area contributed by atoms with E-state index in [0.29, 0.717) is 17.5 Å². The Bertz CT molecular complexity index is 1090. The van der Waals surface area contributed by atoms with Gasteiger partial charge >= 0.3 is 0 Å². The van der Waals surface area contributed by atoms with Crippen LogP contribution in [0.25, 0.3) is 0 Å². The minimum atomic E-state index is -0.141. The Morgan fingerprint density at radius 2 is 1.66 bits per heavy atom. The maximum Gasteiger partial charge on any atom is 0.234 e. The van der Waals surface area contributed by atoms with Crippen LogP contribution in [0.2, 0.25) is 0 Å². The van der Waals surface area contributed by atoms with Crippen molar-refractivity contribution in [2.75, 3.05) is 16.4 Å². The molecule has 0 aliphatic rings. The van der Waals surface area contributed by atoms with Crippen LogP contribution in [0, 0.1) is 13.8 Å². The topological polar surface area (TPSA) is 88.9 Å². The number of carbonyl (C=O) groups is 2. The Hall–Kier alpha value is -3.13. The Balaban J connectivity index is 1.62. The Labute approximate surface area is 193 Å². The Kier molecular flexibility index (Phi) is 8.05. The van der Waals surface area contributed by atoms with Crippen LogP contribution >= 0.6 is 11.8 Å². The smallest absolute Gasteiger partial charge is 0.234 e. The van der Waals surface area contributed by atoms with E-state index < -0.39 is 0 Å². The van der Waals surface area contributed by atoms with E-state index in [1.54, 1.807) is 0 Å². The number of nitrogens with one attached hydrogen (secondary N) is 2. The van der Waals surface area contributed by atoms with Crippen LogP contribution in [-0.2, 0) is 29.0 Å². The van der Waals surface area contributed by atoms with Gasteiger partial charge in [0.05, 0.1) is 12.2 Å². The van der Waals surface area contributed by atoms with Gasteiger partial charge in [0.1, 0.15) is 5.82 Å². The van der Waals surface area contributed by atoms with Gasteiger partial charge in [-0.1, -0.05) is 55.1 Å². The van der Waals surface area contributed by atoms with Gasteiger partial charge in [0.15, 0.2) is 5.16 Å². The van der Waals surface area contributed by atoms with Crippen molar-refractivity contribution in [1.82, 2.24) is 14.8 Å². The van der Waals surface area contributed by atoms with Gasteiger partial charge in [-0.05, 0) is 49.9 Å². The average molecular weight is 452 g/mol. The third kappa shape index (κ3) is 5.76. The van der Waals surface area contributed by atoms with Gasteiger partial charge in [-0.3, -0.25) is 9.59 Å². The molecular formula is C24H29N5O2S. The molecule has 8 heteroatoms. The number of amides is 2. The molecule has 0 spiro atoms. The fraction of sp³-hybridized carbons (Fsp3) is 0.333. The van der Waals surface area contributed by atoms with E-state index in [4.69, 9.17) is 0 Å². The van der Waals surface area contributed by atoms with Gasteiger partial charge in [0, 0.05) is 17.9 Å². The SMILES string of the molecule is CCc1ccccc1NC(=O)Cc1nnc(SCC(=O)Nc2c(C)cccc2C)n1CC. The molecule has 0 saturated carbocycles. The molecule has 2 aromatic carbocycles. The standard InChI is InChI=1S/C24H29N5O2S/c1-5-18-12-7-8-13-19(18)25-21(30)14-20-27-28-24(29(20)6-2)32-15-22(31)26-23-16(3)10-9-11-17(23)4/h7-13H,5-6,14-15H2,1-4H3,(H,25,30)(H,26,31). The van der Waals surface area contributed by atoms with E-state index in [-0.39, 0.29) is 24.0 Å². The van der Waals surface area contributed by atoms with E-state index in [9.17, 15) is 9.59 Å². The summed E-state index contributed by atoms with van der Waals surface area (Å²) in [6.07, 6.45) is 0.959. The minimum absolute atomic E-state index is 0.103. The molecule has 0 saturated heterocycles. The highest BCUT2D eigenvalue weighted by Crippen LogP contribution is 2.22. The third-order valence-electron chi connectivity index (χ3n) is 5.18. The van der Waals surface area contributed by atoms with E-state index in [1.807, 2.05) is 67.8 Å². The summed E-state index contributed by atoms with van der Waals surface area (Å²) in [4.78, 5) is 25.1. The zero-order chi connectivity index (χ0) is 23.1. The normalized spacial score (nSPS) is 10.8. The number of rotatable bonds is 9. The van der Waals surface area contributed by atoms with Crippen molar-refractivity contribution in [2.24, 2.45) is 0 Å². The second kappa shape index (κ2) is 10.9. The number of benzene rings is 2. The lowest BCUT2D eigenvalue weighted by Crippen LogP contribution is -2.19. The van der Waals surface area contributed by atoms with Crippen molar-refractivity contribution in [3.8, 4) is 0 Å². The monoisotopic (exact) mass is 451 g/mol. The maximum absolute atomic E-state index is 12.6. The largest absolute Gasteiger partial charge is 0.325 e. The molecule has 0 bridgehead atoms. The highest BCUT2D eigenvalue weighted by atomic mass is 32.2. The molecule has 2 amide bonds. The highest BCUT2D eigenvalue weighted by molar-refractivity contribution is 7.99. The highest BCUT2D eigenvalue weighted by Gasteiger charge is 2.17. The Morgan fingerprint density at radius 3 is 2.34 bits per heavy atom. The first kappa shape index (κ1) is 23.5. The summed E-state index contributed by atoms with van der Waals surface area (Å²) >= 11 is 1.31. The van der Waals surface area contributed by atoms with Crippen LogP contribution in [0.15, 0.2) is 47.6 Å². The van der Waals surface area contributed by atoms with E-state index in [2.05, 4.69) is 27.8 Å². The van der Waals surface area contributed by atoms with Crippen LogP contribution in [-0.4, -0.2) is 32.3 Å². The molecule has 0 radical (unpaired) electrons. The molecule has 0 aliphatic carbocycles. The molecule has 1 heterocycles. The van der Waals surface area contributed by atoms with Crippen molar-refractivity contribution in [2.45, 2.75) is 52.2 Å². The van der Waals surface area contributed by atoms with Crippen molar-refractivity contribution in [1.29, 1.82) is 0 Å². The number of hydrogen-bond donors (Lipinski definition) is 2. The number of carbonyl (C=O) groups excluding carboxylic acids is 2. The molecule has 3 aromatic rings. The number of para-hydroxylation sites is 2. The third-order valence-corrected chi connectivity index (χ3v) is 6.15. The minimum Gasteiger partial charge on any atom is -0.325 e. The first-order valence-corrected chi connectivity index (χ1v) is 11.7. The molecule has 32 heavy (non-hydrogen) atoms. The summed E-state index contributed by atoms with van der Waals surface area (Å²) in [5, 5.41) is 15.0. The van der Waals surface area contributed by atoms with Crippen LogP contribution in [0.1, 0.15) is 36.4 Å². The summed E-state index contributed by atoms with van der Waals surface area (Å²) in [5.74, 6) is 0.546. The van der Waals surface area contributed by atoms with Crippen molar-refractivity contribution < 1.29 is 9.59 Å². The molecule has 0 fully saturated rings. The number of aryl methyl sites for hydroxylation is 3. The van der Waals surface area contributed by atoms with Gasteiger partial charge < -0.3 is 15.2 Å². The Morgan fingerprint density at radius 1 is 0.938 bits per heavy atom. The zero-order valence-corrected chi connectivity index (χ0v) is 19.8. The number of thioether (sulfide) groups is 1. The van der Waals surface area contributed by atoms with Crippen molar-refractivity contribution in [3.63, 3.8) is 0 Å². The van der Waals surface area contributed by atoms with Gasteiger partial charge in [-0.25, -0.2) is 0 Å². The predicted octanol–water partition coefficient (Wildman–Crippen LogP) is 4.39. The predicted molar refractivity (Wildman–Crippen MR) is 129 cm³/mol. The fourth-order valence-electron chi connectivity index (χ4n) is 3.48. The van der Waals surface area contributed by atoms with E-state index in [1.165, 1.54) is 11.8 Å². The molecule has 168 valence electrons. The van der Waals surface area contributed by atoms with E-state index >= 15 is 0 Å². The molecule has 3 rings (SSSR count). The first-order valence-electron chi connectivity index (χ1n) is 10.7. The lowest BCUT2D eigenvalue weighted by atomic mass is 10.1. The van der Waals surface area contributed by atoms with Crippen LogP contribution in [0.5, 0.6) is 0 Å². The number of aromatic nitrogens is 3. The molecule has 0 aliphatic heterocycles. The fourth-order valence-corrected chi connectivity index (χ4v) is 4.30. The van der Waals surface area contributed by atoms with Gasteiger partial charge in [0.25, 0.3) is 0 Å². The summed E-state index contributed by atoms with van der Waals surface area (Å²) in [6.45, 7) is 8.58. The van der Waals surface area contributed by atoms with Crippen LogP contribution < -0.4 is 10.6 Å². The summed E-state index contributed by atoms with van der Waals surface area (Å²) in [6, 6.07) is 13.7. The average Bonchev–Trinajstić information content (AvgIpc) is 3.16. The molecule has 2 N–H and O–H groups in total. The number of anilines is 2. The summed E-state index contributed by atoms with van der Waals surface area (Å²) in [5.41, 5.74) is 4.81. The quantitative estimate of drug-likeness (QED) is 0.471. The second-order valence-electron chi connectivity index (χ2n) is 7.48. The molecule has 0 unspecified atom stereocenters. The molecule has 7 nitrogen and oxygen atoms in total. The zero-order valence-electron chi connectivity index (χ0n) is 18.9. The van der Waals surface area contributed by atoms with Gasteiger partial charge in [0.2, 0.25) is 11.8 Å². The van der Waals surface area contributed by atoms with Gasteiger partial charge in [-0.15, -0.1) is 10.2 Å².